The molecule has 3 nitrogen and oxygen atoms in total. The second-order valence-corrected chi connectivity index (χ2v) is 10.4. The lowest BCUT2D eigenvalue weighted by Gasteiger charge is -2.37. The zero-order valence-corrected chi connectivity index (χ0v) is 11.5. The maximum Gasteiger partial charge on any atom is 0.305 e. The van der Waals surface area contributed by atoms with Crippen molar-refractivity contribution in [1.29, 1.82) is 0 Å². The molecule has 0 saturated carbocycles. The average Bonchev–Trinajstić information content (AvgIpc) is 2.53. The van der Waals surface area contributed by atoms with Crippen molar-refractivity contribution in [3.8, 4) is 0 Å². The summed E-state index contributed by atoms with van der Waals surface area (Å²) in [5.41, 5.74) is 0. The monoisotopic (exact) mass is 241 g/mol. The van der Waals surface area contributed by atoms with Crippen LogP contribution in [0.5, 0.6) is 0 Å². The van der Waals surface area contributed by atoms with Crippen molar-refractivity contribution in [3.05, 3.63) is 0 Å². The highest BCUT2D eigenvalue weighted by atomic mass is 28.3. The molecule has 2 heterocycles. The highest BCUT2D eigenvalue weighted by Gasteiger charge is 2.39. The molecule has 0 radical (unpaired) electrons. The minimum atomic E-state index is -1.18. The van der Waals surface area contributed by atoms with Crippen LogP contribution in [0.2, 0.25) is 19.1 Å². The van der Waals surface area contributed by atoms with Gasteiger partial charge in [-0.1, -0.05) is 19.5 Å². The van der Waals surface area contributed by atoms with Crippen molar-refractivity contribution in [3.63, 3.8) is 0 Å². The predicted molar refractivity (Wildman–Crippen MR) is 66.8 cm³/mol. The Labute approximate surface area is 99.2 Å². The Hall–Kier alpha value is -0.353. The highest BCUT2D eigenvalue weighted by Crippen LogP contribution is 2.30. The summed E-state index contributed by atoms with van der Waals surface area (Å²) in [6.45, 7) is 6.75. The first-order chi connectivity index (χ1) is 7.59. The molecule has 0 aliphatic carbocycles. The average molecular weight is 241 g/mol. The fourth-order valence-corrected chi connectivity index (χ4v) is 6.31. The molecular weight excluding hydrogens is 218 g/mol. The molecule has 2 saturated heterocycles. The molecule has 2 fully saturated rings. The lowest BCUT2D eigenvalue weighted by molar-refractivity contribution is -0.146. The molecule has 2 aliphatic heterocycles. The topological polar surface area (TPSA) is 29.5 Å². The molecule has 0 amide bonds. The van der Waals surface area contributed by atoms with Crippen molar-refractivity contribution < 1.29 is 9.53 Å². The van der Waals surface area contributed by atoms with E-state index in [0.717, 1.165) is 6.42 Å². The van der Waals surface area contributed by atoms with Gasteiger partial charge in [-0.25, -0.2) is 0 Å². The summed E-state index contributed by atoms with van der Waals surface area (Å²) in [4.78, 5) is 11.3. The van der Waals surface area contributed by atoms with Crippen molar-refractivity contribution >= 4 is 14.2 Å². The van der Waals surface area contributed by atoms with E-state index in [0.29, 0.717) is 19.1 Å². The third kappa shape index (κ3) is 2.66. The molecule has 0 aromatic rings. The van der Waals surface area contributed by atoms with Gasteiger partial charge < -0.3 is 9.30 Å². The first-order valence-electron chi connectivity index (χ1n) is 6.52. The van der Waals surface area contributed by atoms with Crippen LogP contribution in [0.15, 0.2) is 0 Å². The Morgan fingerprint density at radius 2 is 2.12 bits per heavy atom. The number of carbonyl (C=O) groups excluding carboxylic acids is 1. The zero-order chi connectivity index (χ0) is 11.6. The van der Waals surface area contributed by atoms with Gasteiger partial charge in [0.25, 0.3) is 0 Å². The molecule has 0 aromatic carbocycles. The number of hydrogen-bond donors (Lipinski definition) is 0. The number of carbonyl (C=O) groups is 1. The fourth-order valence-electron chi connectivity index (χ4n) is 3.04. The van der Waals surface area contributed by atoms with Gasteiger partial charge in [-0.3, -0.25) is 4.79 Å². The molecule has 1 atom stereocenters. The van der Waals surface area contributed by atoms with Crippen LogP contribution in [0.4, 0.5) is 0 Å². The summed E-state index contributed by atoms with van der Waals surface area (Å²) < 4.78 is 8.03. The van der Waals surface area contributed by atoms with Crippen LogP contribution in [0.1, 0.15) is 32.1 Å². The lowest BCUT2D eigenvalue weighted by atomic mass is 10.1. The van der Waals surface area contributed by atoms with Crippen LogP contribution in [0, 0.1) is 0 Å². The normalized spacial score (nSPS) is 31.9. The van der Waals surface area contributed by atoms with Crippen LogP contribution < -0.4 is 0 Å². The third-order valence-electron chi connectivity index (χ3n) is 4.01. The van der Waals surface area contributed by atoms with E-state index in [9.17, 15) is 4.79 Å². The summed E-state index contributed by atoms with van der Waals surface area (Å²) in [7, 11) is -1.18. The predicted octanol–water partition coefficient (Wildman–Crippen LogP) is 2.38. The molecule has 2 aliphatic rings. The molecule has 16 heavy (non-hydrogen) atoms. The van der Waals surface area contributed by atoms with Gasteiger partial charge in [-0.2, -0.15) is 0 Å². The van der Waals surface area contributed by atoms with E-state index in [-0.39, 0.29) is 5.97 Å². The summed E-state index contributed by atoms with van der Waals surface area (Å²) >= 11 is 0. The first kappa shape index (κ1) is 12.1. The smallest absolute Gasteiger partial charge is 0.305 e. The van der Waals surface area contributed by atoms with Crippen molar-refractivity contribution in [2.24, 2.45) is 0 Å². The molecule has 0 bridgehead atoms. The van der Waals surface area contributed by atoms with Crippen LogP contribution in [0.3, 0.4) is 0 Å². The fraction of sp³-hybridized carbons (Fsp3) is 0.917. The number of ether oxygens (including phenoxy) is 1. The van der Waals surface area contributed by atoms with Gasteiger partial charge in [0.05, 0.1) is 0 Å². The Kier molecular flexibility index (Phi) is 3.69. The maximum absolute atomic E-state index is 11.3. The molecule has 1 unspecified atom stereocenters. The van der Waals surface area contributed by atoms with Crippen LogP contribution in [-0.2, 0) is 9.53 Å². The Balaban J connectivity index is 1.99. The number of esters is 1. The molecule has 4 heteroatoms. The zero-order valence-electron chi connectivity index (χ0n) is 10.5. The molecular formula is C12H23NO2Si. The van der Waals surface area contributed by atoms with Gasteiger partial charge in [0.1, 0.15) is 14.8 Å². The lowest BCUT2D eigenvalue weighted by Crippen LogP contribution is -2.51. The number of rotatable bonds is 1. The number of hydrogen-bond acceptors (Lipinski definition) is 3. The summed E-state index contributed by atoms with van der Waals surface area (Å²) in [6.07, 6.45) is 5.35. The van der Waals surface area contributed by atoms with Gasteiger partial charge >= 0.3 is 5.97 Å². The van der Waals surface area contributed by atoms with E-state index in [1.165, 1.54) is 31.9 Å². The van der Waals surface area contributed by atoms with Gasteiger partial charge in [-0.15, -0.1) is 0 Å². The summed E-state index contributed by atoms with van der Waals surface area (Å²) in [5, 5.41) is 0. The van der Waals surface area contributed by atoms with E-state index in [2.05, 4.69) is 17.7 Å². The maximum atomic E-state index is 11.3. The Morgan fingerprint density at radius 1 is 1.31 bits per heavy atom. The molecule has 0 spiro atoms. The third-order valence-corrected chi connectivity index (χ3v) is 7.73. The van der Waals surface area contributed by atoms with Gasteiger partial charge in [0.2, 0.25) is 0 Å². The quantitative estimate of drug-likeness (QED) is 0.521. The van der Waals surface area contributed by atoms with E-state index in [4.69, 9.17) is 4.74 Å². The number of nitrogens with zero attached hydrogens (tertiary/aromatic N) is 1. The summed E-state index contributed by atoms with van der Waals surface area (Å²) in [5.74, 6) is 0.00312. The standard InChI is InChI=1S/C12H23NO2Si/c1-16(2)9-5-8-13(16)11-6-3-4-7-12(14)15-10-11/h11H,3-10H2,1-2H3. The van der Waals surface area contributed by atoms with Gasteiger partial charge in [0.15, 0.2) is 0 Å². The second-order valence-electron chi connectivity index (χ2n) is 5.69. The van der Waals surface area contributed by atoms with E-state index < -0.39 is 8.24 Å². The van der Waals surface area contributed by atoms with Crippen LogP contribution in [0.25, 0.3) is 0 Å². The first-order valence-corrected chi connectivity index (χ1v) is 9.67. The van der Waals surface area contributed by atoms with E-state index in [1.807, 2.05) is 0 Å². The Morgan fingerprint density at radius 3 is 2.81 bits per heavy atom. The largest absolute Gasteiger partial charge is 0.464 e. The Bertz CT molecular complexity index is 268. The minimum absolute atomic E-state index is 0.00312. The molecule has 92 valence electrons. The molecule has 2 rings (SSSR count). The highest BCUT2D eigenvalue weighted by molar-refractivity contribution is 6.75. The van der Waals surface area contributed by atoms with E-state index in [1.54, 1.807) is 0 Å². The number of cyclic esters (lactones) is 1. The SMILES string of the molecule is C[Si]1(C)CCCN1C1CCCCC(=O)OC1. The van der Waals surface area contributed by atoms with Crippen LogP contribution >= 0.6 is 0 Å². The van der Waals surface area contributed by atoms with Gasteiger partial charge in [-0.05, 0) is 31.9 Å². The van der Waals surface area contributed by atoms with Crippen molar-refractivity contribution in [1.82, 2.24) is 4.57 Å². The van der Waals surface area contributed by atoms with Crippen molar-refractivity contribution in [2.75, 3.05) is 13.2 Å². The second kappa shape index (κ2) is 4.88. The minimum Gasteiger partial charge on any atom is -0.464 e. The molecule has 0 aromatic heterocycles. The molecule has 0 N–H and O–H groups in total. The summed E-state index contributed by atoms with van der Waals surface area (Å²) in [6, 6.07) is 1.91. The van der Waals surface area contributed by atoms with E-state index >= 15 is 0 Å². The van der Waals surface area contributed by atoms with Crippen LogP contribution in [-0.4, -0.2) is 38.0 Å². The van der Waals surface area contributed by atoms with Crippen molar-refractivity contribution in [2.45, 2.75) is 57.3 Å². The van der Waals surface area contributed by atoms with Gasteiger partial charge in [0, 0.05) is 12.5 Å².